The molecule has 17 heavy (non-hydrogen) atoms. The highest BCUT2D eigenvalue weighted by Gasteiger charge is 2.37. The van der Waals surface area contributed by atoms with Crippen molar-refractivity contribution in [2.24, 2.45) is 5.92 Å². The van der Waals surface area contributed by atoms with Crippen molar-refractivity contribution >= 4 is 5.69 Å². The van der Waals surface area contributed by atoms with Crippen LogP contribution < -0.4 is 5.32 Å². The standard InChI is InChI=1S/C13H18N2O2/c1-13(2,11-5-6-11)14-9-10-3-7-12(8-4-10)15(16)17/h3-4,7-8,11,14H,5-6,9H2,1-2H3. The fraction of sp³-hybridized carbons (Fsp3) is 0.538. The molecular weight excluding hydrogens is 216 g/mol. The molecule has 0 bridgehead atoms. The number of nitrogens with one attached hydrogen (secondary N) is 1. The van der Waals surface area contributed by atoms with Gasteiger partial charge in [-0.15, -0.1) is 0 Å². The minimum atomic E-state index is -0.370. The van der Waals surface area contributed by atoms with Crippen molar-refractivity contribution < 1.29 is 4.92 Å². The molecule has 1 aromatic carbocycles. The third-order valence-electron chi connectivity index (χ3n) is 3.49. The van der Waals surface area contributed by atoms with E-state index in [4.69, 9.17) is 0 Å². The fourth-order valence-corrected chi connectivity index (χ4v) is 2.01. The van der Waals surface area contributed by atoms with Gasteiger partial charge < -0.3 is 5.32 Å². The lowest BCUT2D eigenvalue weighted by molar-refractivity contribution is -0.384. The molecule has 0 spiro atoms. The maximum absolute atomic E-state index is 10.5. The van der Waals surface area contributed by atoms with Gasteiger partial charge in [0.2, 0.25) is 0 Å². The van der Waals surface area contributed by atoms with Gasteiger partial charge in [0.05, 0.1) is 4.92 Å². The van der Waals surface area contributed by atoms with Gasteiger partial charge in [0.25, 0.3) is 5.69 Å². The first-order valence-electron chi connectivity index (χ1n) is 5.97. The Bertz CT molecular complexity index is 408. The van der Waals surface area contributed by atoms with E-state index in [9.17, 15) is 10.1 Å². The maximum Gasteiger partial charge on any atom is 0.269 e. The van der Waals surface area contributed by atoms with Crippen molar-refractivity contribution in [1.82, 2.24) is 5.32 Å². The van der Waals surface area contributed by atoms with Gasteiger partial charge in [0, 0.05) is 24.2 Å². The van der Waals surface area contributed by atoms with E-state index in [2.05, 4.69) is 19.2 Å². The van der Waals surface area contributed by atoms with E-state index in [1.807, 2.05) is 12.1 Å². The van der Waals surface area contributed by atoms with Gasteiger partial charge in [0.15, 0.2) is 0 Å². The maximum atomic E-state index is 10.5. The summed E-state index contributed by atoms with van der Waals surface area (Å²) in [5, 5.41) is 14.0. The highest BCUT2D eigenvalue weighted by atomic mass is 16.6. The molecule has 0 radical (unpaired) electrons. The number of hydrogen-bond acceptors (Lipinski definition) is 3. The third kappa shape index (κ3) is 3.03. The molecule has 0 amide bonds. The van der Waals surface area contributed by atoms with E-state index >= 15 is 0 Å². The molecule has 92 valence electrons. The molecule has 1 fully saturated rings. The average molecular weight is 234 g/mol. The quantitative estimate of drug-likeness (QED) is 0.629. The predicted molar refractivity (Wildman–Crippen MR) is 66.7 cm³/mol. The summed E-state index contributed by atoms with van der Waals surface area (Å²) in [6, 6.07) is 6.74. The molecular formula is C13H18N2O2. The topological polar surface area (TPSA) is 55.2 Å². The second kappa shape index (κ2) is 4.45. The normalized spacial score (nSPS) is 15.9. The van der Waals surface area contributed by atoms with Gasteiger partial charge in [0.1, 0.15) is 0 Å². The van der Waals surface area contributed by atoms with Crippen molar-refractivity contribution in [2.75, 3.05) is 0 Å². The van der Waals surface area contributed by atoms with E-state index in [0.717, 1.165) is 18.0 Å². The van der Waals surface area contributed by atoms with Crippen molar-refractivity contribution in [3.05, 3.63) is 39.9 Å². The molecule has 1 aromatic rings. The number of nitro groups is 1. The van der Waals surface area contributed by atoms with Crippen LogP contribution in [0.25, 0.3) is 0 Å². The van der Waals surface area contributed by atoms with Gasteiger partial charge in [-0.3, -0.25) is 10.1 Å². The van der Waals surface area contributed by atoms with Crippen molar-refractivity contribution in [2.45, 2.75) is 38.8 Å². The molecule has 0 unspecified atom stereocenters. The molecule has 4 nitrogen and oxygen atoms in total. The number of nitrogens with zero attached hydrogens (tertiary/aromatic N) is 1. The van der Waals surface area contributed by atoms with Crippen molar-refractivity contribution in [3.8, 4) is 0 Å². The minimum absolute atomic E-state index is 0.148. The molecule has 0 aliphatic heterocycles. The summed E-state index contributed by atoms with van der Waals surface area (Å²) in [6.45, 7) is 5.20. The third-order valence-corrected chi connectivity index (χ3v) is 3.49. The van der Waals surface area contributed by atoms with Gasteiger partial charge in [-0.05, 0) is 38.2 Å². The Morgan fingerprint density at radius 1 is 1.35 bits per heavy atom. The molecule has 1 saturated carbocycles. The van der Waals surface area contributed by atoms with Gasteiger partial charge in [-0.1, -0.05) is 12.1 Å². The van der Waals surface area contributed by atoms with E-state index in [1.54, 1.807) is 12.1 Å². The number of non-ortho nitro benzene ring substituents is 1. The van der Waals surface area contributed by atoms with Crippen molar-refractivity contribution in [1.29, 1.82) is 0 Å². The first-order valence-corrected chi connectivity index (χ1v) is 5.97. The number of nitro benzene ring substituents is 1. The predicted octanol–water partition coefficient (Wildman–Crippen LogP) is 2.87. The van der Waals surface area contributed by atoms with Crippen LogP contribution in [-0.2, 0) is 6.54 Å². The van der Waals surface area contributed by atoms with Crippen LogP contribution in [0.15, 0.2) is 24.3 Å². The first-order chi connectivity index (χ1) is 7.99. The van der Waals surface area contributed by atoms with Crippen LogP contribution in [0.1, 0.15) is 32.3 Å². The Hall–Kier alpha value is -1.42. The van der Waals surface area contributed by atoms with Crippen molar-refractivity contribution in [3.63, 3.8) is 0 Å². The first kappa shape index (κ1) is 12.0. The average Bonchev–Trinajstić information content (AvgIpc) is 3.11. The molecule has 0 atom stereocenters. The largest absolute Gasteiger partial charge is 0.307 e. The highest BCUT2D eigenvalue weighted by Crippen LogP contribution is 2.39. The van der Waals surface area contributed by atoms with Crippen LogP contribution in [0.5, 0.6) is 0 Å². The lowest BCUT2D eigenvalue weighted by atomic mass is 9.98. The Morgan fingerprint density at radius 2 is 1.94 bits per heavy atom. The molecule has 0 saturated heterocycles. The monoisotopic (exact) mass is 234 g/mol. The van der Waals surface area contributed by atoms with Gasteiger partial charge >= 0.3 is 0 Å². The van der Waals surface area contributed by atoms with Gasteiger partial charge in [-0.25, -0.2) is 0 Å². The van der Waals surface area contributed by atoms with Crippen LogP contribution in [-0.4, -0.2) is 10.5 Å². The SMILES string of the molecule is CC(C)(NCc1ccc([N+](=O)[O-])cc1)C1CC1. The summed E-state index contributed by atoms with van der Waals surface area (Å²) in [7, 11) is 0. The number of benzene rings is 1. The highest BCUT2D eigenvalue weighted by molar-refractivity contribution is 5.32. The van der Waals surface area contributed by atoms with E-state index in [0.29, 0.717) is 0 Å². The lowest BCUT2D eigenvalue weighted by Crippen LogP contribution is -2.40. The minimum Gasteiger partial charge on any atom is -0.307 e. The summed E-state index contributed by atoms with van der Waals surface area (Å²) in [5.74, 6) is 0.778. The summed E-state index contributed by atoms with van der Waals surface area (Å²) in [4.78, 5) is 10.1. The molecule has 0 aromatic heterocycles. The second-order valence-electron chi connectivity index (χ2n) is 5.27. The Kier molecular flexibility index (Phi) is 3.15. The number of rotatable bonds is 5. The van der Waals surface area contributed by atoms with E-state index < -0.39 is 0 Å². The fourth-order valence-electron chi connectivity index (χ4n) is 2.01. The number of hydrogen-bond donors (Lipinski definition) is 1. The molecule has 1 N–H and O–H groups in total. The van der Waals surface area contributed by atoms with E-state index in [-0.39, 0.29) is 16.1 Å². The van der Waals surface area contributed by atoms with Crippen LogP contribution in [0, 0.1) is 16.0 Å². The zero-order chi connectivity index (χ0) is 12.5. The summed E-state index contributed by atoms with van der Waals surface area (Å²) >= 11 is 0. The van der Waals surface area contributed by atoms with Crippen LogP contribution in [0.4, 0.5) is 5.69 Å². The van der Waals surface area contributed by atoms with Gasteiger partial charge in [-0.2, -0.15) is 0 Å². The molecule has 1 aliphatic rings. The Balaban J connectivity index is 1.92. The molecule has 0 heterocycles. The zero-order valence-corrected chi connectivity index (χ0v) is 10.3. The Morgan fingerprint density at radius 3 is 2.41 bits per heavy atom. The van der Waals surface area contributed by atoms with Crippen LogP contribution >= 0.6 is 0 Å². The van der Waals surface area contributed by atoms with Crippen LogP contribution in [0.3, 0.4) is 0 Å². The smallest absolute Gasteiger partial charge is 0.269 e. The molecule has 4 heteroatoms. The Labute approximate surface area is 101 Å². The second-order valence-corrected chi connectivity index (χ2v) is 5.27. The summed E-state index contributed by atoms with van der Waals surface area (Å²) in [6.07, 6.45) is 2.61. The molecule has 1 aliphatic carbocycles. The summed E-state index contributed by atoms with van der Waals surface area (Å²) < 4.78 is 0. The van der Waals surface area contributed by atoms with Crippen LogP contribution in [0.2, 0.25) is 0 Å². The van der Waals surface area contributed by atoms with E-state index in [1.165, 1.54) is 12.8 Å². The lowest BCUT2D eigenvalue weighted by Gasteiger charge is -2.26. The zero-order valence-electron chi connectivity index (χ0n) is 10.3. The molecule has 2 rings (SSSR count). The summed E-state index contributed by atoms with van der Waals surface area (Å²) in [5.41, 5.74) is 1.40.